The summed E-state index contributed by atoms with van der Waals surface area (Å²) in [5.41, 5.74) is 0.879. The summed E-state index contributed by atoms with van der Waals surface area (Å²) in [6.07, 6.45) is 0.0513. The zero-order valence-electron chi connectivity index (χ0n) is 15.6. The number of sulfone groups is 1. The SMILES string of the molecule is CCC(C(=O)Nc1cc(O)c(NC(C)=O)cc1Cl)S(=O)(=O)c1cccc(C)c1. The van der Waals surface area contributed by atoms with Gasteiger partial charge in [0.15, 0.2) is 9.84 Å². The van der Waals surface area contributed by atoms with E-state index in [1.54, 1.807) is 26.0 Å². The molecule has 0 aliphatic rings. The number of rotatable bonds is 6. The molecule has 0 bridgehead atoms. The minimum atomic E-state index is -3.91. The molecule has 7 nitrogen and oxygen atoms in total. The van der Waals surface area contributed by atoms with Crippen LogP contribution in [0.5, 0.6) is 5.75 Å². The molecule has 2 aromatic rings. The number of aryl methyl sites for hydroxylation is 1. The first-order valence-electron chi connectivity index (χ1n) is 8.47. The third-order valence-electron chi connectivity index (χ3n) is 4.01. The zero-order valence-corrected chi connectivity index (χ0v) is 17.2. The van der Waals surface area contributed by atoms with Gasteiger partial charge in [-0.2, -0.15) is 0 Å². The third kappa shape index (κ3) is 4.82. The molecule has 2 rings (SSSR count). The maximum atomic E-state index is 12.9. The van der Waals surface area contributed by atoms with Crippen LogP contribution in [0.2, 0.25) is 5.02 Å². The first-order valence-corrected chi connectivity index (χ1v) is 10.4. The summed E-state index contributed by atoms with van der Waals surface area (Å²) in [4.78, 5) is 23.9. The average molecular weight is 425 g/mol. The van der Waals surface area contributed by atoms with Crippen molar-refractivity contribution in [2.75, 3.05) is 10.6 Å². The molecule has 0 saturated heterocycles. The second-order valence-electron chi connectivity index (χ2n) is 6.28. The van der Waals surface area contributed by atoms with E-state index < -0.39 is 26.9 Å². The molecule has 28 heavy (non-hydrogen) atoms. The fourth-order valence-corrected chi connectivity index (χ4v) is 4.60. The fourth-order valence-electron chi connectivity index (χ4n) is 2.66. The van der Waals surface area contributed by atoms with Crippen LogP contribution in [0.15, 0.2) is 41.3 Å². The standard InChI is InChI=1S/C19H21ClN2O5S/c1-4-18(28(26,27)13-7-5-6-11(2)8-13)19(25)22-15-10-17(24)16(9-14(15)20)21-12(3)23/h5-10,18,24H,4H2,1-3H3,(H,21,23)(H,22,25). The van der Waals surface area contributed by atoms with Crippen LogP contribution < -0.4 is 10.6 Å². The number of hydrogen-bond acceptors (Lipinski definition) is 5. The van der Waals surface area contributed by atoms with Crippen LogP contribution >= 0.6 is 11.6 Å². The third-order valence-corrected chi connectivity index (χ3v) is 6.53. The highest BCUT2D eigenvalue weighted by atomic mass is 35.5. The van der Waals surface area contributed by atoms with E-state index in [0.717, 1.165) is 11.6 Å². The molecule has 2 aromatic carbocycles. The Kier molecular flexibility index (Phi) is 6.69. The number of carbonyl (C=O) groups excluding carboxylic acids is 2. The second kappa shape index (κ2) is 8.62. The smallest absolute Gasteiger partial charge is 0.243 e. The largest absolute Gasteiger partial charge is 0.506 e. The zero-order chi connectivity index (χ0) is 21.1. The fraction of sp³-hybridized carbons (Fsp3) is 0.263. The number of carbonyl (C=O) groups is 2. The first-order chi connectivity index (χ1) is 13.1. The van der Waals surface area contributed by atoms with Crippen molar-refractivity contribution >= 4 is 44.6 Å². The Bertz CT molecular complexity index is 1020. The van der Waals surface area contributed by atoms with Crippen LogP contribution in [0.25, 0.3) is 0 Å². The molecule has 1 atom stereocenters. The van der Waals surface area contributed by atoms with E-state index >= 15 is 0 Å². The van der Waals surface area contributed by atoms with Gasteiger partial charge in [0.1, 0.15) is 11.0 Å². The van der Waals surface area contributed by atoms with Crippen LogP contribution in [0, 0.1) is 6.92 Å². The molecular weight excluding hydrogens is 404 g/mol. The van der Waals surface area contributed by atoms with E-state index in [1.807, 2.05) is 0 Å². The minimum Gasteiger partial charge on any atom is -0.506 e. The molecule has 0 aromatic heterocycles. The Hall–Kier alpha value is -2.58. The molecule has 0 fully saturated rings. The van der Waals surface area contributed by atoms with E-state index in [-0.39, 0.29) is 33.5 Å². The van der Waals surface area contributed by atoms with Crippen molar-refractivity contribution in [1.82, 2.24) is 0 Å². The van der Waals surface area contributed by atoms with Gasteiger partial charge in [-0.05, 0) is 37.1 Å². The molecule has 0 heterocycles. The maximum Gasteiger partial charge on any atom is 0.243 e. The van der Waals surface area contributed by atoms with Crippen LogP contribution in [0.3, 0.4) is 0 Å². The average Bonchev–Trinajstić information content (AvgIpc) is 2.59. The van der Waals surface area contributed by atoms with Crippen LogP contribution in [0.4, 0.5) is 11.4 Å². The summed E-state index contributed by atoms with van der Waals surface area (Å²) in [6.45, 7) is 4.63. The van der Waals surface area contributed by atoms with Crippen molar-refractivity contribution in [3.63, 3.8) is 0 Å². The number of anilines is 2. The van der Waals surface area contributed by atoms with Gasteiger partial charge < -0.3 is 15.7 Å². The topological polar surface area (TPSA) is 113 Å². The molecule has 2 amide bonds. The van der Waals surface area contributed by atoms with Gasteiger partial charge in [-0.3, -0.25) is 9.59 Å². The summed E-state index contributed by atoms with van der Waals surface area (Å²) >= 11 is 6.10. The van der Waals surface area contributed by atoms with E-state index in [4.69, 9.17) is 11.6 Å². The highest BCUT2D eigenvalue weighted by Crippen LogP contribution is 2.34. The molecule has 150 valence electrons. The Balaban J connectivity index is 2.32. The number of phenolic OH excluding ortho intramolecular Hbond substituents is 1. The minimum absolute atomic E-state index is 0.0381. The summed E-state index contributed by atoms with van der Waals surface area (Å²) in [7, 11) is -3.91. The van der Waals surface area contributed by atoms with E-state index in [1.165, 1.54) is 25.1 Å². The van der Waals surface area contributed by atoms with Crippen molar-refractivity contribution < 1.29 is 23.1 Å². The van der Waals surface area contributed by atoms with E-state index in [2.05, 4.69) is 10.6 Å². The Morgan fingerprint density at radius 3 is 2.39 bits per heavy atom. The number of aromatic hydroxyl groups is 1. The van der Waals surface area contributed by atoms with Gasteiger partial charge in [0, 0.05) is 13.0 Å². The Morgan fingerprint density at radius 1 is 1.14 bits per heavy atom. The Labute approximate surface area is 168 Å². The molecule has 0 aliphatic carbocycles. The lowest BCUT2D eigenvalue weighted by molar-refractivity contribution is -0.116. The quantitative estimate of drug-likeness (QED) is 0.614. The monoisotopic (exact) mass is 424 g/mol. The second-order valence-corrected chi connectivity index (χ2v) is 8.82. The van der Waals surface area contributed by atoms with Gasteiger partial charge in [0.2, 0.25) is 11.8 Å². The number of amides is 2. The van der Waals surface area contributed by atoms with Gasteiger partial charge in [-0.25, -0.2) is 8.42 Å². The van der Waals surface area contributed by atoms with Crippen LogP contribution in [0.1, 0.15) is 25.8 Å². The lowest BCUT2D eigenvalue weighted by atomic mass is 10.2. The van der Waals surface area contributed by atoms with Crippen LogP contribution in [-0.4, -0.2) is 30.6 Å². The molecule has 0 spiro atoms. The number of benzene rings is 2. The van der Waals surface area contributed by atoms with Crippen molar-refractivity contribution in [2.45, 2.75) is 37.3 Å². The summed E-state index contributed by atoms with van der Waals surface area (Å²) < 4.78 is 25.8. The molecular formula is C19H21ClN2O5S. The van der Waals surface area contributed by atoms with Gasteiger partial charge in [0.25, 0.3) is 0 Å². The molecule has 0 aliphatic heterocycles. The number of hydrogen-bond donors (Lipinski definition) is 3. The molecule has 0 radical (unpaired) electrons. The van der Waals surface area contributed by atoms with E-state index in [9.17, 15) is 23.1 Å². The van der Waals surface area contributed by atoms with Crippen molar-refractivity contribution in [2.24, 2.45) is 0 Å². The first kappa shape index (κ1) is 21.7. The van der Waals surface area contributed by atoms with Gasteiger partial charge in [-0.15, -0.1) is 0 Å². The number of phenols is 1. The molecule has 3 N–H and O–H groups in total. The highest BCUT2D eigenvalue weighted by molar-refractivity contribution is 7.92. The lowest BCUT2D eigenvalue weighted by Crippen LogP contribution is -2.34. The number of nitrogens with one attached hydrogen (secondary N) is 2. The van der Waals surface area contributed by atoms with E-state index in [0.29, 0.717) is 0 Å². The Morgan fingerprint density at radius 2 is 1.82 bits per heavy atom. The molecule has 0 saturated carbocycles. The maximum absolute atomic E-state index is 12.9. The summed E-state index contributed by atoms with van der Waals surface area (Å²) in [5.74, 6) is -1.49. The predicted molar refractivity (Wildman–Crippen MR) is 108 cm³/mol. The van der Waals surface area contributed by atoms with Crippen molar-refractivity contribution in [3.8, 4) is 5.75 Å². The van der Waals surface area contributed by atoms with Crippen molar-refractivity contribution in [1.29, 1.82) is 0 Å². The van der Waals surface area contributed by atoms with Crippen LogP contribution in [-0.2, 0) is 19.4 Å². The summed E-state index contributed by atoms with van der Waals surface area (Å²) in [6, 6.07) is 8.74. The van der Waals surface area contributed by atoms with Gasteiger partial charge in [0.05, 0.1) is 21.3 Å². The summed E-state index contributed by atoms with van der Waals surface area (Å²) in [5, 5.41) is 13.6. The predicted octanol–water partition coefficient (Wildman–Crippen LogP) is 3.50. The van der Waals surface area contributed by atoms with Gasteiger partial charge in [-0.1, -0.05) is 30.7 Å². The normalized spacial score (nSPS) is 12.3. The lowest BCUT2D eigenvalue weighted by Gasteiger charge is -2.17. The molecule has 1 unspecified atom stereocenters. The van der Waals surface area contributed by atoms with Gasteiger partial charge >= 0.3 is 0 Å². The number of halogens is 1. The van der Waals surface area contributed by atoms with Crippen molar-refractivity contribution in [3.05, 3.63) is 47.0 Å². The molecule has 9 heteroatoms. The highest BCUT2D eigenvalue weighted by Gasteiger charge is 2.33.